The van der Waals surface area contributed by atoms with Gasteiger partial charge >= 0.3 is 5.82 Å². The predicted molar refractivity (Wildman–Crippen MR) is 77.4 cm³/mol. The van der Waals surface area contributed by atoms with Gasteiger partial charge in [0.2, 0.25) is 15.8 Å². The number of rotatable bonds is 7. The van der Waals surface area contributed by atoms with Gasteiger partial charge in [-0.1, -0.05) is 13.8 Å². The van der Waals surface area contributed by atoms with Crippen LogP contribution in [-0.2, 0) is 10.0 Å². The Bertz CT molecular complexity index is 615. The highest BCUT2D eigenvalue weighted by Crippen LogP contribution is 2.26. The number of nitrogens with two attached hydrogens (primary N) is 1. The van der Waals surface area contributed by atoms with Crippen LogP contribution in [0.5, 0.6) is 5.75 Å². The van der Waals surface area contributed by atoms with Gasteiger partial charge < -0.3 is 14.9 Å². The summed E-state index contributed by atoms with van der Waals surface area (Å²) in [6.07, 6.45) is 0. The largest absolute Gasteiger partial charge is 0.485 e. The predicted octanol–water partition coefficient (Wildman–Crippen LogP) is 1.24. The van der Waals surface area contributed by atoms with Crippen molar-refractivity contribution >= 4 is 15.8 Å². The number of ether oxygens (including phenoxy) is 1. The van der Waals surface area contributed by atoms with Crippen molar-refractivity contribution in [3.8, 4) is 5.75 Å². The minimum absolute atomic E-state index is 0.000730. The topological polar surface area (TPSA) is 125 Å². The van der Waals surface area contributed by atoms with E-state index in [1.807, 2.05) is 13.8 Å². The Labute approximate surface area is 123 Å². The molecule has 0 aliphatic carbocycles. The Morgan fingerprint density at radius 3 is 2.52 bits per heavy atom. The van der Waals surface area contributed by atoms with Gasteiger partial charge in [0.15, 0.2) is 0 Å². The van der Waals surface area contributed by atoms with Crippen molar-refractivity contribution < 1.29 is 18.1 Å². The van der Waals surface area contributed by atoms with Gasteiger partial charge in [0.05, 0.1) is 12.4 Å². The molecule has 2 N–H and O–H groups in total. The monoisotopic (exact) mass is 317 g/mol. The van der Waals surface area contributed by atoms with Crippen LogP contribution in [0.1, 0.15) is 19.5 Å². The third kappa shape index (κ3) is 5.64. The molecule has 0 spiro atoms. The second-order valence-corrected chi connectivity index (χ2v) is 6.84. The highest BCUT2D eigenvalue weighted by Gasteiger charge is 2.23. The van der Waals surface area contributed by atoms with Crippen molar-refractivity contribution in [2.45, 2.75) is 20.8 Å². The van der Waals surface area contributed by atoms with Gasteiger partial charge in [0.1, 0.15) is 5.69 Å². The fourth-order valence-electron chi connectivity index (χ4n) is 1.70. The van der Waals surface area contributed by atoms with E-state index in [0.29, 0.717) is 5.69 Å². The van der Waals surface area contributed by atoms with Crippen molar-refractivity contribution in [3.05, 3.63) is 27.9 Å². The highest BCUT2D eigenvalue weighted by molar-refractivity contribution is 7.89. The van der Waals surface area contributed by atoms with Crippen molar-refractivity contribution in [3.63, 3.8) is 0 Å². The minimum atomic E-state index is -3.64. The lowest BCUT2D eigenvalue weighted by Crippen LogP contribution is -2.30. The zero-order valence-corrected chi connectivity index (χ0v) is 13.0. The SMILES string of the molecule is Cc1ccc(OCC(CS(N)(=O)=O)C(C)C)c([N+](=O)[O-])n1. The molecule has 0 bridgehead atoms. The molecule has 0 aliphatic rings. The number of nitrogens with zero attached hydrogens (tertiary/aromatic N) is 2. The Hall–Kier alpha value is -1.74. The lowest BCUT2D eigenvalue weighted by atomic mass is 9.99. The van der Waals surface area contributed by atoms with Crippen molar-refractivity contribution in [2.75, 3.05) is 12.4 Å². The fourth-order valence-corrected chi connectivity index (χ4v) is 2.78. The minimum Gasteiger partial charge on any atom is -0.485 e. The van der Waals surface area contributed by atoms with Crippen molar-refractivity contribution in [1.29, 1.82) is 0 Å². The molecule has 8 nitrogen and oxygen atoms in total. The van der Waals surface area contributed by atoms with E-state index in [0.717, 1.165) is 0 Å². The standard InChI is InChI=1S/C12H19N3O5S/c1-8(2)10(7-21(13,18)19)6-20-11-5-4-9(3)14-12(11)15(16)17/h4-5,8,10H,6-7H2,1-3H3,(H2,13,18,19). The highest BCUT2D eigenvalue weighted by atomic mass is 32.2. The number of aryl methyl sites for hydroxylation is 1. The zero-order valence-electron chi connectivity index (χ0n) is 12.1. The molecule has 21 heavy (non-hydrogen) atoms. The van der Waals surface area contributed by atoms with Crippen molar-refractivity contribution in [2.24, 2.45) is 17.0 Å². The Kier molecular flexibility index (Phi) is 5.62. The number of hydrogen-bond donors (Lipinski definition) is 1. The summed E-state index contributed by atoms with van der Waals surface area (Å²) in [5.74, 6) is -0.960. The van der Waals surface area contributed by atoms with Crippen LogP contribution >= 0.6 is 0 Å². The third-order valence-corrected chi connectivity index (χ3v) is 3.89. The van der Waals surface area contributed by atoms with Gasteiger partial charge in [-0.05, 0) is 28.0 Å². The maximum Gasteiger partial charge on any atom is 0.406 e. The summed E-state index contributed by atoms with van der Waals surface area (Å²) in [6, 6.07) is 3.04. The van der Waals surface area contributed by atoms with Crippen LogP contribution in [0.3, 0.4) is 0 Å². The van der Waals surface area contributed by atoms with Gasteiger partial charge in [0, 0.05) is 12.8 Å². The van der Waals surface area contributed by atoms with E-state index in [1.165, 1.54) is 6.07 Å². The molecular formula is C12H19N3O5S. The number of primary sulfonamides is 1. The number of hydrogen-bond acceptors (Lipinski definition) is 6. The summed E-state index contributed by atoms with van der Waals surface area (Å²) in [7, 11) is -3.64. The average molecular weight is 317 g/mol. The van der Waals surface area contributed by atoms with E-state index in [1.54, 1.807) is 13.0 Å². The molecule has 1 aromatic heterocycles. The molecule has 1 aromatic rings. The summed E-state index contributed by atoms with van der Waals surface area (Å²) in [5, 5.41) is 16.0. The van der Waals surface area contributed by atoms with E-state index < -0.39 is 14.9 Å². The van der Waals surface area contributed by atoms with Crippen molar-refractivity contribution in [1.82, 2.24) is 4.98 Å². The molecule has 0 fully saturated rings. The molecule has 0 radical (unpaired) electrons. The number of aromatic nitrogens is 1. The van der Waals surface area contributed by atoms with Gasteiger partial charge in [0.25, 0.3) is 0 Å². The molecule has 118 valence electrons. The Morgan fingerprint density at radius 1 is 1.43 bits per heavy atom. The van der Waals surface area contributed by atoms with Crippen LogP contribution in [0.4, 0.5) is 5.82 Å². The average Bonchev–Trinajstić information content (AvgIpc) is 2.33. The van der Waals surface area contributed by atoms with E-state index in [-0.39, 0.29) is 35.8 Å². The number of nitro groups is 1. The molecular weight excluding hydrogens is 298 g/mol. The summed E-state index contributed by atoms with van der Waals surface area (Å²) in [4.78, 5) is 14.1. The maximum atomic E-state index is 11.2. The molecule has 0 saturated carbocycles. The molecule has 1 rings (SSSR count). The number of pyridine rings is 1. The van der Waals surface area contributed by atoms with Gasteiger partial charge in [-0.3, -0.25) is 0 Å². The molecule has 0 aromatic carbocycles. The first-order valence-corrected chi connectivity index (χ1v) is 8.07. The summed E-state index contributed by atoms with van der Waals surface area (Å²) in [6.45, 7) is 5.32. The van der Waals surface area contributed by atoms with Crippen LogP contribution < -0.4 is 9.88 Å². The van der Waals surface area contributed by atoms with Crippen LogP contribution in [-0.4, -0.2) is 30.7 Å². The summed E-state index contributed by atoms with van der Waals surface area (Å²) < 4.78 is 27.8. The second-order valence-electron chi connectivity index (χ2n) is 5.18. The first-order valence-electron chi connectivity index (χ1n) is 6.35. The third-order valence-electron chi connectivity index (χ3n) is 2.99. The maximum absolute atomic E-state index is 11.2. The van der Waals surface area contributed by atoms with Crippen LogP contribution in [0, 0.1) is 28.9 Å². The van der Waals surface area contributed by atoms with E-state index >= 15 is 0 Å². The molecule has 1 heterocycles. The summed E-state index contributed by atoms with van der Waals surface area (Å²) >= 11 is 0. The van der Waals surface area contributed by atoms with Crippen LogP contribution in [0.15, 0.2) is 12.1 Å². The molecule has 0 saturated heterocycles. The second kappa shape index (κ2) is 6.81. The van der Waals surface area contributed by atoms with Gasteiger partial charge in [-0.15, -0.1) is 0 Å². The zero-order chi connectivity index (χ0) is 16.2. The molecule has 1 unspecified atom stereocenters. The van der Waals surface area contributed by atoms with E-state index in [2.05, 4.69) is 4.98 Å². The van der Waals surface area contributed by atoms with E-state index in [4.69, 9.17) is 9.88 Å². The van der Waals surface area contributed by atoms with Gasteiger partial charge in [-0.2, -0.15) is 0 Å². The lowest BCUT2D eigenvalue weighted by molar-refractivity contribution is -0.390. The Balaban J connectivity index is 2.88. The molecule has 9 heteroatoms. The van der Waals surface area contributed by atoms with Crippen LogP contribution in [0.25, 0.3) is 0 Å². The molecule has 0 aliphatic heterocycles. The molecule has 1 atom stereocenters. The first kappa shape index (κ1) is 17.3. The van der Waals surface area contributed by atoms with Crippen LogP contribution in [0.2, 0.25) is 0 Å². The Morgan fingerprint density at radius 2 is 2.05 bits per heavy atom. The normalized spacial score (nSPS) is 13.2. The quantitative estimate of drug-likeness (QED) is 0.595. The number of sulfonamides is 1. The first-order chi connectivity index (χ1) is 9.60. The fraction of sp³-hybridized carbons (Fsp3) is 0.583. The molecule has 0 amide bonds. The lowest BCUT2D eigenvalue weighted by Gasteiger charge is -2.19. The summed E-state index contributed by atoms with van der Waals surface area (Å²) in [5.41, 5.74) is 0.499. The smallest absolute Gasteiger partial charge is 0.406 e. The van der Waals surface area contributed by atoms with Gasteiger partial charge in [-0.25, -0.2) is 13.6 Å². The van der Waals surface area contributed by atoms with E-state index in [9.17, 15) is 18.5 Å².